The van der Waals surface area contributed by atoms with Gasteiger partial charge in [-0.2, -0.15) is 0 Å². The molecule has 0 saturated heterocycles. The Hall–Kier alpha value is -1.06. The van der Waals surface area contributed by atoms with Gasteiger partial charge in [0.05, 0.1) is 18.4 Å². The fraction of sp³-hybridized carbons (Fsp3) is 0.905. The number of ether oxygens (including phenoxy) is 2. The Morgan fingerprint density at radius 1 is 0.880 bits per heavy atom. The molecule has 0 aromatic heterocycles. The van der Waals surface area contributed by atoms with Crippen molar-refractivity contribution in [3.8, 4) is 0 Å². The summed E-state index contributed by atoms with van der Waals surface area (Å²) in [5, 5.41) is 0. The van der Waals surface area contributed by atoms with E-state index in [2.05, 4.69) is 6.92 Å². The topological polar surface area (TPSA) is 52.6 Å². The lowest BCUT2D eigenvalue weighted by molar-refractivity contribution is -0.168. The summed E-state index contributed by atoms with van der Waals surface area (Å²) in [6, 6.07) is 0. The minimum absolute atomic E-state index is 0.0449. The highest BCUT2D eigenvalue weighted by atomic mass is 16.5. The van der Waals surface area contributed by atoms with E-state index in [1.165, 1.54) is 6.42 Å². The lowest BCUT2D eigenvalue weighted by Gasteiger charge is -2.32. The van der Waals surface area contributed by atoms with Gasteiger partial charge < -0.3 is 9.47 Å². The first-order valence-electron chi connectivity index (χ1n) is 10.2. The lowest BCUT2D eigenvalue weighted by Crippen LogP contribution is -2.38. The summed E-state index contributed by atoms with van der Waals surface area (Å²) < 4.78 is 11.3. The molecule has 25 heavy (non-hydrogen) atoms. The quantitative estimate of drug-likeness (QED) is 0.661. The standard InChI is InChI=1S/C21H36O4/c1-5-15-10-12-16(13-11-15)25-20(23)18-9-7-6-8-17(18)19(22)24-14-21(2,3)4/h15-18H,5-14H2,1-4H3. The van der Waals surface area contributed by atoms with Gasteiger partial charge in [0.1, 0.15) is 6.10 Å². The maximum atomic E-state index is 12.7. The van der Waals surface area contributed by atoms with E-state index in [1.54, 1.807) is 0 Å². The van der Waals surface area contributed by atoms with E-state index < -0.39 is 0 Å². The van der Waals surface area contributed by atoms with Crippen LogP contribution in [0.5, 0.6) is 0 Å². The number of hydrogen-bond acceptors (Lipinski definition) is 4. The molecule has 0 spiro atoms. The zero-order valence-corrected chi connectivity index (χ0v) is 16.5. The largest absolute Gasteiger partial charge is 0.465 e. The molecule has 0 aromatic carbocycles. The van der Waals surface area contributed by atoms with E-state index in [0.717, 1.165) is 57.3 Å². The Morgan fingerprint density at radius 2 is 1.44 bits per heavy atom. The van der Waals surface area contributed by atoms with Crippen LogP contribution in [0.15, 0.2) is 0 Å². The maximum absolute atomic E-state index is 12.7. The van der Waals surface area contributed by atoms with E-state index in [9.17, 15) is 9.59 Å². The lowest BCUT2D eigenvalue weighted by atomic mass is 9.79. The average Bonchev–Trinajstić information content (AvgIpc) is 2.59. The Balaban J connectivity index is 1.88. The third-order valence-corrected chi connectivity index (χ3v) is 5.67. The zero-order valence-electron chi connectivity index (χ0n) is 16.5. The molecular weight excluding hydrogens is 316 g/mol. The van der Waals surface area contributed by atoms with Crippen molar-refractivity contribution in [2.24, 2.45) is 23.2 Å². The van der Waals surface area contributed by atoms with Crippen LogP contribution in [0.3, 0.4) is 0 Å². The van der Waals surface area contributed by atoms with E-state index >= 15 is 0 Å². The van der Waals surface area contributed by atoms with Crippen molar-refractivity contribution < 1.29 is 19.1 Å². The molecule has 4 nitrogen and oxygen atoms in total. The number of rotatable bonds is 5. The van der Waals surface area contributed by atoms with E-state index in [4.69, 9.17) is 9.47 Å². The van der Waals surface area contributed by atoms with Gasteiger partial charge in [0.2, 0.25) is 0 Å². The van der Waals surface area contributed by atoms with Gasteiger partial charge in [0.15, 0.2) is 0 Å². The first kappa shape index (κ1) is 20.3. The first-order chi connectivity index (χ1) is 11.8. The van der Waals surface area contributed by atoms with Crippen LogP contribution in [0.4, 0.5) is 0 Å². The van der Waals surface area contributed by atoms with Gasteiger partial charge in [-0.3, -0.25) is 9.59 Å². The Kier molecular flexibility index (Phi) is 7.33. The van der Waals surface area contributed by atoms with Crippen LogP contribution in [0.2, 0.25) is 0 Å². The molecule has 2 aliphatic rings. The predicted octanol–water partition coefficient (Wildman–Crippen LogP) is 4.89. The van der Waals surface area contributed by atoms with Crippen molar-refractivity contribution in [2.75, 3.05) is 6.61 Å². The Morgan fingerprint density at radius 3 is 1.96 bits per heavy atom. The Bertz CT molecular complexity index is 443. The molecule has 0 aliphatic heterocycles. The van der Waals surface area contributed by atoms with Crippen LogP contribution in [-0.4, -0.2) is 24.6 Å². The minimum Gasteiger partial charge on any atom is -0.465 e. The summed E-state index contributed by atoms with van der Waals surface area (Å²) in [5.74, 6) is -0.242. The molecule has 0 N–H and O–H groups in total. The number of carbonyl (C=O) groups excluding carboxylic acids is 2. The van der Waals surface area contributed by atoms with Gasteiger partial charge in [0.25, 0.3) is 0 Å². The molecule has 2 saturated carbocycles. The highest BCUT2D eigenvalue weighted by Crippen LogP contribution is 2.34. The highest BCUT2D eigenvalue weighted by Gasteiger charge is 2.39. The fourth-order valence-corrected chi connectivity index (χ4v) is 4.00. The van der Waals surface area contributed by atoms with Gasteiger partial charge >= 0.3 is 11.9 Å². The second kappa shape index (κ2) is 9.05. The maximum Gasteiger partial charge on any atom is 0.310 e. The van der Waals surface area contributed by atoms with Crippen LogP contribution in [-0.2, 0) is 19.1 Å². The second-order valence-electron chi connectivity index (χ2n) is 9.15. The van der Waals surface area contributed by atoms with Crippen molar-refractivity contribution in [3.05, 3.63) is 0 Å². The molecule has 0 radical (unpaired) electrons. The molecule has 144 valence electrons. The third kappa shape index (κ3) is 6.31. The first-order valence-corrected chi connectivity index (χ1v) is 10.2. The van der Waals surface area contributed by atoms with Gasteiger partial charge in [-0.1, -0.05) is 47.0 Å². The summed E-state index contributed by atoms with van der Waals surface area (Å²) >= 11 is 0. The SMILES string of the molecule is CCC1CCC(OC(=O)C2CCCCC2C(=O)OCC(C)(C)C)CC1. The average molecular weight is 353 g/mol. The molecule has 2 unspecified atom stereocenters. The summed E-state index contributed by atoms with van der Waals surface area (Å²) in [6.07, 6.45) is 8.96. The van der Waals surface area contributed by atoms with E-state index in [-0.39, 0.29) is 35.3 Å². The molecule has 2 atom stereocenters. The molecule has 0 heterocycles. The third-order valence-electron chi connectivity index (χ3n) is 5.67. The summed E-state index contributed by atoms with van der Waals surface area (Å²) in [7, 11) is 0. The second-order valence-corrected chi connectivity index (χ2v) is 9.15. The fourth-order valence-electron chi connectivity index (χ4n) is 4.00. The minimum atomic E-state index is -0.324. The smallest absolute Gasteiger partial charge is 0.310 e. The molecular formula is C21H36O4. The molecule has 2 fully saturated rings. The van der Waals surface area contributed by atoms with Crippen LogP contribution in [0.25, 0.3) is 0 Å². The monoisotopic (exact) mass is 352 g/mol. The van der Waals surface area contributed by atoms with Crippen LogP contribution in [0.1, 0.15) is 85.5 Å². The summed E-state index contributed by atoms with van der Waals surface area (Å²) in [6.45, 7) is 8.75. The van der Waals surface area contributed by atoms with Crippen LogP contribution < -0.4 is 0 Å². The summed E-state index contributed by atoms with van der Waals surface area (Å²) in [5.41, 5.74) is -0.0573. The zero-order chi connectivity index (χ0) is 18.4. The Labute approximate surface area is 153 Å². The molecule has 0 amide bonds. The number of esters is 2. The number of hydrogen-bond donors (Lipinski definition) is 0. The molecule has 0 bridgehead atoms. The molecule has 4 heteroatoms. The van der Waals surface area contributed by atoms with E-state index in [0.29, 0.717) is 6.61 Å². The van der Waals surface area contributed by atoms with Crippen molar-refractivity contribution in [2.45, 2.75) is 91.6 Å². The van der Waals surface area contributed by atoms with Gasteiger partial charge in [0, 0.05) is 0 Å². The highest BCUT2D eigenvalue weighted by molar-refractivity contribution is 5.82. The van der Waals surface area contributed by atoms with Crippen molar-refractivity contribution in [3.63, 3.8) is 0 Å². The van der Waals surface area contributed by atoms with Gasteiger partial charge in [-0.05, 0) is 49.9 Å². The van der Waals surface area contributed by atoms with Gasteiger partial charge in [-0.15, -0.1) is 0 Å². The predicted molar refractivity (Wildman–Crippen MR) is 98.0 cm³/mol. The molecule has 0 aromatic rings. The summed E-state index contributed by atoms with van der Waals surface area (Å²) in [4.78, 5) is 25.2. The van der Waals surface area contributed by atoms with E-state index in [1.807, 2.05) is 20.8 Å². The number of carbonyl (C=O) groups is 2. The normalized spacial score (nSPS) is 30.6. The van der Waals surface area contributed by atoms with Gasteiger partial charge in [-0.25, -0.2) is 0 Å². The van der Waals surface area contributed by atoms with Crippen molar-refractivity contribution >= 4 is 11.9 Å². The van der Waals surface area contributed by atoms with Crippen molar-refractivity contribution in [1.82, 2.24) is 0 Å². The molecule has 2 rings (SSSR count). The van der Waals surface area contributed by atoms with Crippen LogP contribution in [0, 0.1) is 23.2 Å². The molecule has 2 aliphatic carbocycles. The van der Waals surface area contributed by atoms with Crippen LogP contribution >= 0.6 is 0 Å². The van der Waals surface area contributed by atoms with Crippen molar-refractivity contribution in [1.29, 1.82) is 0 Å².